The van der Waals surface area contributed by atoms with E-state index in [1.165, 1.54) is 13.8 Å². The van der Waals surface area contributed by atoms with E-state index in [-0.39, 0.29) is 18.3 Å². The lowest BCUT2D eigenvalue weighted by Gasteiger charge is -2.27. The SMILES string of the molecule is CC(=O)OC[C@H](C)C(=O)[C@H](C)[C@@H](OC(C)=O)C(C)C. The summed E-state index contributed by atoms with van der Waals surface area (Å²) in [5.74, 6) is -1.66. The van der Waals surface area contributed by atoms with Gasteiger partial charge in [0, 0.05) is 19.8 Å². The Hall–Kier alpha value is -1.39. The summed E-state index contributed by atoms with van der Waals surface area (Å²) in [6.07, 6.45) is -0.454. The first-order chi connectivity index (χ1) is 8.66. The lowest BCUT2D eigenvalue weighted by atomic mass is 9.86. The molecule has 110 valence electrons. The second-order valence-electron chi connectivity index (χ2n) is 5.21. The Morgan fingerprint density at radius 3 is 1.84 bits per heavy atom. The molecule has 3 atom stereocenters. The molecule has 0 aliphatic rings. The summed E-state index contributed by atoms with van der Waals surface area (Å²) in [6, 6.07) is 0. The molecule has 0 heterocycles. The number of hydrogen-bond acceptors (Lipinski definition) is 5. The van der Waals surface area contributed by atoms with Gasteiger partial charge in [-0.2, -0.15) is 0 Å². The van der Waals surface area contributed by atoms with E-state index in [1.54, 1.807) is 13.8 Å². The highest BCUT2D eigenvalue weighted by Crippen LogP contribution is 2.21. The molecule has 0 bridgehead atoms. The number of hydrogen-bond donors (Lipinski definition) is 0. The van der Waals surface area contributed by atoms with Crippen LogP contribution in [0.1, 0.15) is 41.5 Å². The molecule has 0 radical (unpaired) electrons. The Morgan fingerprint density at radius 2 is 1.47 bits per heavy atom. The second kappa shape index (κ2) is 7.92. The molecule has 0 rings (SSSR count). The summed E-state index contributed by atoms with van der Waals surface area (Å²) in [4.78, 5) is 34.0. The average molecular weight is 272 g/mol. The van der Waals surface area contributed by atoms with Crippen molar-refractivity contribution in [1.29, 1.82) is 0 Å². The fraction of sp³-hybridized carbons (Fsp3) is 0.786. The summed E-state index contributed by atoms with van der Waals surface area (Å²) in [6.45, 7) is 9.92. The molecule has 0 amide bonds. The van der Waals surface area contributed by atoms with E-state index in [0.717, 1.165) is 0 Å². The van der Waals surface area contributed by atoms with Crippen LogP contribution in [0, 0.1) is 17.8 Å². The van der Waals surface area contributed by atoms with Crippen LogP contribution in [0.2, 0.25) is 0 Å². The van der Waals surface area contributed by atoms with Gasteiger partial charge in [-0.05, 0) is 5.92 Å². The molecule has 5 heteroatoms. The van der Waals surface area contributed by atoms with Gasteiger partial charge >= 0.3 is 11.9 Å². The molecule has 5 nitrogen and oxygen atoms in total. The lowest BCUT2D eigenvalue weighted by molar-refractivity contribution is -0.154. The minimum absolute atomic E-state index is 0.0452. The van der Waals surface area contributed by atoms with E-state index >= 15 is 0 Å². The second-order valence-corrected chi connectivity index (χ2v) is 5.21. The largest absolute Gasteiger partial charge is 0.465 e. The number of ether oxygens (including phenoxy) is 2. The summed E-state index contributed by atoms with van der Waals surface area (Å²) in [5, 5.41) is 0. The van der Waals surface area contributed by atoms with Crippen molar-refractivity contribution in [3.63, 3.8) is 0 Å². The van der Waals surface area contributed by atoms with Crippen molar-refractivity contribution < 1.29 is 23.9 Å². The van der Waals surface area contributed by atoms with Crippen LogP contribution in [0.4, 0.5) is 0 Å². The number of carbonyl (C=O) groups is 3. The van der Waals surface area contributed by atoms with Crippen molar-refractivity contribution in [3.8, 4) is 0 Å². The van der Waals surface area contributed by atoms with Crippen molar-refractivity contribution in [2.75, 3.05) is 6.61 Å². The number of ketones is 1. The Balaban J connectivity index is 4.65. The van der Waals surface area contributed by atoms with Crippen molar-refractivity contribution in [2.24, 2.45) is 17.8 Å². The van der Waals surface area contributed by atoms with Crippen LogP contribution in [0.25, 0.3) is 0 Å². The van der Waals surface area contributed by atoms with Crippen LogP contribution in [-0.2, 0) is 23.9 Å². The van der Waals surface area contributed by atoms with Gasteiger partial charge in [0.1, 0.15) is 18.5 Å². The standard InChI is InChI=1S/C14H24O5/c1-8(2)14(19-12(6)16)10(4)13(17)9(3)7-18-11(5)15/h8-10,14H,7H2,1-6H3/t9-,10-,14-/m0/s1. The Labute approximate surface area is 114 Å². The van der Waals surface area contributed by atoms with Crippen molar-refractivity contribution in [3.05, 3.63) is 0 Å². The summed E-state index contributed by atoms with van der Waals surface area (Å²) in [7, 11) is 0. The van der Waals surface area contributed by atoms with Gasteiger partial charge < -0.3 is 9.47 Å². The molecule has 19 heavy (non-hydrogen) atoms. The predicted octanol–water partition coefficient (Wildman–Crippen LogP) is 1.98. The molecule has 0 aliphatic carbocycles. The third-order valence-corrected chi connectivity index (χ3v) is 2.92. The molecule has 0 fully saturated rings. The molecule has 0 aliphatic heterocycles. The molecule has 0 N–H and O–H groups in total. The zero-order valence-corrected chi connectivity index (χ0v) is 12.6. The first-order valence-corrected chi connectivity index (χ1v) is 6.51. The molecule has 0 saturated carbocycles. The molecule has 0 aromatic carbocycles. The molecule has 0 aromatic rings. The van der Waals surface area contributed by atoms with Gasteiger partial charge in [-0.3, -0.25) is 14.4 Å². The summed E-state index contributed by atoms with van der Waals surface area (Å²) < 4.78 is 10.0. The first kappa shape index (κ1) is 17.6. The maximum absolute atomic E-state index is 12.2. The average Bonchev–Trinajstić information content (AvgIpc) is 2.30. The van der Waals surface area contributed by atoms with E-state index in [0.29, 0.717) is 0 Å². The van der Waals surface area contributed by atoms with Gasteiger partial charge in [0.25, 0.3) is 0 Å². The zero-order valence-electron chi connectivity index (χ0n) is 12.6. The van der Waals surface area contributed by atoms with Crippen LogP contribution < -0.4 is 0 Å². The van der Waals surface area contributed by atoms with E-state index in [9.17, 15) is 14.4 Å². The fourth-order valence-electron chi connectivity index (χ4n) is 1.94. The minimum Gasteiger partial charge on any atom is -0.465 e. The van der Waals surface area contributed by atoms with Gasteiger partial charge in [-0.1, -0.05) is 27.7 Å². The number of Topliss-reactive ketones (excluding diaryl/α,β-unsaturated/α-hetero) is 1. The molecular formula is C14H24O5. The highest BCUT2D eigenvalue weighted by molar-refractivity contribution is 5.84. The molecule has 0 unspecified atom stereocenters. The van der Waals surface area contributed by atoms with Crippen molar-refractivity contribution in [2.45, 2.75) is 47.6 Å². The smallest absolute Gasteiger partial charge is 0.302 e. The maximum Gasteiger partial charge on any atom is 0.302 e. The normalized spacial score (nSPS) is 15.5. The maximum atomic E-state index is 12.2. The van der Waals surface area contributed by atoms with Crippen molar-refractivity contribution in [1.82, 2.24) is 0 Å². The van der Waals surface area contributed by atoms with Gasteiger partial charge in [0.05, 0.1) is 5.92 Å². The number of carbonyl (C=O) groups excluding carboxylic acids is 3. The quantitative estimate of drug-likeness (QED) is 0.663. The number of rotatable bonds is 7. The summed E-state index contributed by atoms with van der Waals surface area (Å²) >= 11 is 0. The third-order valence-electron chi connectivity index (χ3n) is 2.92. The van der Waals surface area contributed by atoms with Crippen LogP contribution >= 0.6 is 0 Å². The Kier molecular flexibility index (Phi) is 7.34. The highest BCUT2D eigenvalue weighted by Gasteiger charge is 2.32. The molecule has 0 saturated heterocycles. The third kappa shape index (κ3) is 6.36. The Morgan fingerprint density at radius 1 is 0.947 bits per heavy atom. The van der Waals surface area contributed by atoms with Gasteiger partial charge in [-0.15, -0.1) is 0 Å². The fourth-order valence-corrected chi connectivity index (χ4v) is 1.94. The number of esters is 2. The Bertz CT molecular complexity index is 335. The molecular weight excluding hydrogens is 248 g/mol. The zero-order chi connectivity index (χ0) is 15.2. The van der Waals surface area contributed by atoms with Crippen LogP contribution in [-0.4, -0.2) is 30.4 Å². The predicted molar refractivity (Wildman–Crippen MR) is 70.4 cm³/mol. The topological polar surface area (TPSA) is 69.7 Å². The van der Waals surface area contributed by atoms with E-state index < -0.39 is 29.9 Å². The van der Waals surface area contributed by atoms with Crippen LogP contribution in [0.5, 0.6) is 0 Å². The van der Waals surface area contributed by atoms with E-state index in [1.807, 2.05) is 13.8 Å². The van der Waals surface area contributed by atoms with Crippen molar-refractivity contribution >= 4 is 17.7 Å². The summed E-state index contributed by atoms with van der Waals surface area (Å²) in [5.41, 5.74) is 0. The van der Waals surface area contributed by atoms with Gasteiger partial charge in [0.15, 0.2) is 0 Å². The minimum atomic E-state index is -0.454. The van der Waals surface area contributed by atoms with Crippen LogP contribution in [0.3, 0.4) is 0 Å². The van der Waals surface area contributed by atoms with E-state index in [2.05, 4.69) is 0 Å². The monoisotopic (exact) mass is 272 g/mol. The molecule has 0 spiro atoms. The van der Waals surface area contributed by atoms with Crippen LogP contribution in [0.15, 0.2) is 0 Å². The van der Waals surface area contributed by atoms with Gasteiger partial charge in [-0.25, -0.2) is 0 Å². The first-order valence-electron chi connectivity index (χ1n) is 6.51. The highest BCUT2D eigenvalue weighted by atomic mass is 16.5. The van der Waals surface area contributed by atoms with E-state index in [4.69, 9.17) is 9.47 Å². The molecule has 0 aromatic heterocycles. The van der Waals surface area contributed by atoms with Gasteiger partial charge in [0.2, 0.25) is 0 Å². The lowest BCUT2D eigenvalue weighted by Crippen LogP contribution is -2.37.